The topological polar surface area (TPSA) is 88.5 Å². The summed E-state index contributed by atoms with van der Waals surface area (Å²) in [4.78, 5) is 36.3. The van der Waals surface area contributed by atoms with E-state index >= 15 is 0 Å². The summed E-state index contributed by atoms with van der Waals surface area (Å²) >= 11 is 0. The number of carbonyl (C=O) groups excluding carboxylic acids is 2. The Morgan fingerprint density at radius 3 is 1.49 bits per heavy atom. The van der Waals surface area contributed by atoms with Crippen LogP contribution in [0.4, 0.5) is 0 Å². The molecule has 0 fully saturated rings. The third-order valence-corrected chi connectivity index (χ3v) is 12.5. The SMILES string of the molecule is CCP(=O)(C(=O)c1c(C)cc(C)cc1C)c1ccccc1.CCc1ccccc1P(=O)(O)C(=O)c1c(C)cc(C)cc1C. The highest BCUT2D eigenvalue weighted by atomic mass is 31.2. The van der Waals surface area contributed by atoms with E-state index in [9.17, 15) is 23.6 Å². The van der Waals surface area contributed by atoms with Gasteiger partial charge in [0.05, 0.1) is 0 Å². The fourth-order valence-electron chi connectivity index (χ4n) is 5.69. The summed E-state index contributed by atoms with van der Waals surface area (Å²) in [6.07, 6.45) is 0.961. The summed E-state index contributed by atoms with van der Waals surface area (Å²) in [5, 5.41) is 0.902. The minimum atomic E-state index is -4.12. The first-order chi connectivity index (χ1) is 20.2. The molecule has 4 aromatic carbocycles. The minimum absolute atomic E-state index is 0.216. The number of hydrogen-bond donors (Lipinski definition) is 1. The highest BCUT2D eigenvalue weighted by Gasteiger charge is 2.36. The van der Waals surface area contributed by atoms with Crippen molar-refractivity contribution in [3.63, 3.8) is 0 Å². The molecule has 226 valence electrons. The molecule has 0 spiro atoms. The van der Waals surface area contributed by atoms with Gasteiger partial charge in [0.2, 0.25) is 5.52 Å². The summed E-state index contributed by atoms with van der Waals surface area (Å²) < 4.78 is 26.2. The maximum Gasteiger partial charge on any atom is 0.298 e. The van der Waals surface area contributed by atoms with Crippen LogP contribution in [0.3, 0.4) is 0 Å². The van der Waals surface area contributed by atoms with Crippen LogP contribution in [0.5, 0.6) is 0 Å². The van der Waals surface area contributed by atoms with Gasteiger partial charge in [-0.3, -0.25) is 14.2 Å². The highest BCUT2D eigenvalue weighted by molar-refractivity contribution is 7.87. The molecule has 0 amide bonds. The quantitative estimate of drug-likeness (QED) is 0.201. The second kappa shape index (κ2) is 14.0. The Bertz CT molecular complexity index is 1710. The van der Waals surface area contributed by atoms with E-state index in [-0.39, 0.29) is 10.8 Å². The molecule has 0 aliphatic carbocycles. The monoisotopic (exact) mass is 616 g/mol. The smallest absolute Gasteiger partial charge is 0.298 e. The molecule has 0 saturated heterocycles. The molecular weight excluding hydrogens is 574 g/mol. The molecule has 4 aromatic rings. The maximum absolute atomic E-state index is 13.3. The van der Waals surface area contributed by atoms with Gasteiger partial charge in [-0.1, -0.05) is 97.8 Å². The van der Waals surface area contributed by atoms with Gasteiger partial charge < -0.3 is 9.46 Å². The lowest BCUT2D eigenvalue weighted by Gasteiger charge is -2.18. The van der Waals surface area contributed by atoms with Gasteiger partial charge >= 0.3 is 0 Å². The first kappa shape index (κ1) is 34.1. The fourth-order valence-corrected chi connectivity index (χ4v) is 9.73. The Hall–Kier alpha value is -3.36. The van der Waals surface area contributed by atoms with Gasteiger partial charge in [-0.05, 0) is 81.8 Å². The molecule has 7 heteroatoms. The van der Waals surface area contributed by atoms with Crippen molar-refractivity contribution in [2.75, 3.05) is 6.16 Å². The predicted molar refractivity (Wildman–Crippen MR) is 179 cm³/mol. The summed E-state index contributed by atoms with van der Waals surface area (Å²) in [5.74, 6) is 0. The van der Waals surface area contributed by atoms with Gasteiger partial charge in [-0.15, -0.1) is 0 Å². The van der Waals surface area contributed by atoms with Crippen LogP contribution in [0, 0.1) is 41.5 Å². The minimum Gasteiger partial charge on any atom is -0.336 e. The first-order valence-corrected chi connectivity index (χ1v) is 18.1. The molecule has 43 heavy (non-hydrogen) atoms. The lowest BCUT2D eigenvalue weighted by Crippen LogP contribution is -2.18. The highest BCUT2D eigenvalue weighted by Crippen LogP contribution is 2.48. The Labute approximate surface area is 256 Å². The zero-order valence-electron chi connectivity index (χ0n) is 26.4. The molecule has 0 radical (unpaired) electrons. The Morgan fingerprint density at radius 1 is 0.628 bits per heavy atom. The van der Waals surface area contributed by atoms with E-state index in [1.165, 1.54) is 0 Å². The van der Waals surface area contributed by atoms with Crippen LogP contribution >= 0.6 is 14.5 Å². The van der Waals surface area contributed by atoms with Crippen molar-refractivity contribution in [3.8, 4) is 0 Å². The van der Waals surface area contributed by atoms with E-state index in [1.54, 1.807) is 44.2 Å². The molecule has 1 N–H and O–H groups in total. The average Bonchev–Trinajstić information content (AvgIpc) is 2.96. The zero-order valence-corrected chi connectivity index (χ0v) is 28.2. The molecule has 5 nitrogen and oxygen atoms in total. The number of hydrogen-bond acceptors (Lipinski definition) is 4. The van der Waals surface area contributed by atoms with Crippen LogP contribution in [0.2, 0.25) is 0 Å². The van der Waals surface area contributed by atoms with Crippen molar-refractivity contribution in [3.05, 3.63) is 129 Å². The normalized spacial score (nSPS) is 13.7. The summed E-state index contributed by atoms with van der Waals surface area (Å²) in [6, 6.07) is 23.7. The van der Waals surface area contributed by atoms with Gasteiger partial charge in [0.1, 0.15) is 0 Å². The van der Waals surface area contributed by atoms with Crippen molar-refractivity contribution >= 4 is 36.2 Å². The van der Waals surface area contributed by atoms with Crippen LogP contribution in [-0.4, -0.2) is 22.1 Å². The maximum atomic E-state index is 13.3. The van der Waals surface area contributed by atoms with Crippen LogP contribution < -0.4 is 10.6 Å². The average molecular weight is 617 g/mol. The van der Waals surface area contributed by atoms with Gasteiger partial charge in [-0.25, -0.2) is 0 Å². The molecule has 2 unspecified atom stereocenters. The summed E-state index contributed by atoms with van der Waals surface area (Å²) in [6.45, 7) is 15.1. The van der Waals surface area contributed by atoms with Crippen molar-refractivity contribution < 1.29 is 23.6 Å². The van der Waals surface area contributed by atoms with E-state index in [1.807, 2.05) is 90.1 Å². The fraction of sp³-hybridized carbons (Fsp3) is 0.278. The van der Waals surface area contributed by atoms with Crippen LogP contribution in [-0.2, 0) is 15.6 Å². The summed E-state index contributed by atoms with van der Waals surface area (Å²) in [5.41, 5.74) is 6.28. The molecule has 0 aliphatic heterocycles. The third kappa shape index (κ3) is 7.24. The van der Waals surface area contributed by atoms with Gasteiger partial charge in [0.15, 0.2) is 7.14 Å². The molecular formula is C36H42O5P2. The van der Waals surface area contributed by atoms with Gasteiger partial charge in [0, 0.05) is 27.9 Å². The van der Waals surface area contributed by atoms with E-state index in [2.05, 4.69) is 0 Å². The molecule has 0 bridgehead atoms. The predicted octanol–water partition coefficient (Wildman–Crippen LogP) is 8.37. The zero-order chi connectivity index (χ0) is 32.1. The lowest BCUT2D eigenvalue weighted by atomic mass is 10.0. The second-order valence-corrected chi connectivity index (χ2v) is 16.2. The molecule has 0 heterocycles. The molecule has 0 aromatic heterocycles. The second-order valence-electron chi connectivity index (χ2n) is 11.1. The Morgan fingerprint density at radius 2 is 1.05 bits per heavy atom. The largest absolute Gasteiger partial charge is 0.336 e. The van der Waals surface area contributed by atoms with Crippen molar-refractivity contribution in [1.82, 2.24) is 0 Å². The Balaban J connectivity index is 0.000000236. The number of benzene rings is 4. The van der Waals surface area contributed by atoms with Crippen molar-refractivity contribution in [2.45, 2.75) is 61.8 Å². The van der Waals surface area contributed by atoms with Gasteiger partial charge in [0.25, 0.3) is 12.9 Å². The van der Waals surface area contributed by atoms with Crippen LogP contribution in [0.1, 0.15) is 73.5 Å². The molecule has 2 atom stereocenters. The van der Waals surface area contributed by atoms with Crippen LogP contribution in [0.25, 0.3) is 0 Å². The van der Waals surface area contributed by atoms with Crippen LogP contribution in [0.15, 0.2) is 78.9 Å². The molecule has 0 saturated carbocycles. The molecule has 0 aliphatic rings. The third-order valence-electron chi connectivity index (χ3n) is 7.70. The van der Waals surface area contributed by atoms with E-state index < -0.39 is 20.0 Å². The number of rotatable bonds is 8. The van der Waals surface area contributed by atoms with Crippen molar-refractivity contribution in [2.24, 2.45) is 0 Å². The van der Waals surface area contributed by atoms with E-state index in [0.29, 0.717) is 29.0 Å². The Kier molecular flexibility index (Phi) is 11.1. The summed E-state index contributed by atoms with van der Waals surface area (Å²) in [7, 11) is -7.19. The standard InChI is InChI=1S/C18H21O3P.C18H21O2P/c1-5-15-8-6-7-9-16(15)22(20,21)18(19)17-13(3)10-12(2)11-14(17)4;1-5-21(20,16-9-7-6-8-10-16)18(19)17-14(3)11-13(2)12-15(17)4/h6-11H,5H2,1-4H3,(H,20,21);6-12H,5H2,1-4H3. The molecule has 4 rings (SSSR count). The van der Waals surface area contributed by atoms with E-state index in [0.717, 1.165) is 38.9 Å². The van der Waals surface area contributed by atoms with Gasteiger partial charge in [-0.2, -0.15) is 0 Å². The number of aryl methyl sites for hydroxylation is 7. The number of carbonyl (C=O) groups is 2. The lowest BCUT2D eigenvalue weighted by molar-refractivity contribution is 0.106. The first-order valence-electron chi connectivity index (χ1n) is 14.5. The van der Waals surface area contributed by atoms with E-state index in [4.69, 9.17) is 0 Å². The van der Waals surface area contributed by atoms with Crippen molar-refractivity contribution in [1.29, 1.82) is 0 Å².